The normalized spacial score (nSPS) is 14.9. The number of aromatic nitrogens is 1. The standard InChI is InChI=1S/C29H22FN3O4S/c30-24-13-7-4-10-20(24)16-25-28(36)32(29(37)38-25)15-14-31-17-23-21-11-5-6-12-22(21)26(34)33(27(23)35)18-19-8-2-1-3-9-19/h1-13,16-17,35H,14-15,18H2/b25-16+,31-17?. The number of rotatable bonds is 7. The summed E-state index contributed by atoms with van der Waals surface area (Å²) in [7, 11) is 0. The molecule has 0 atom stereocenters. The van der Waals surface area contributed by atoms with Crippen LogP contribution in [0, 0.1) is 5.82 Å². The molecule has 0 bridgehead atoms. The average molecular weight is 528 g/mol. The highest BCUT2D eigenvalue weighted by Gasteiger charge is 2.34. The second kappa shape index (κ2) is 10.9. The summed E-state index contributed by atoms with van der Waals surface area (Å²) >= 11 is 0.750. The van der Waals surface area contributed by atoms with Crippen LogP contribution in [0.4, 0.5) is 9.18 Å². The lowest BCUT2D eigenvalue weighted by molar-refractivity contribution is -0.122. The van der Waals surface area contributed by atoms with Crippen molar-refractivity contribution in [3.05, 3.63) is 117 Å². The highest BCUT2D eigenvalue weighted by molar-refractivity contribution is 8.18. The van der Waals surface area contributed by atoms with E-state index in [2.05, 4.69) is 4.99 Å². The molecule has 2 amide bonds. The largest absolute Gasteiger partial charge is 0.494 e. The molecule has 0 radical (unpaired) electrons. The molecule has 1 aromatic heterocycles. The number of thioether (sulfide) groups is 1. The number of aromatic hydroxyl groups is 1. The van der Waals surface area contributed by atoms with E-state index < -0.39 is 17.0 Å². The maximum Gasteiger partial charge on any atom is 0.293 e. The smallest absolute Gasteiger partial charge is 0.293 e. The summed E-state index contributed by atoms with van der Waals surface area (Å²) in [6.45, 7) is 0.275. The Balaban J connectivity index is 1.37. The van der Waals surface area contributed by atoms with Gasteiger partial charge in [-0.15, -0.1) is 0 Å². The minimum absolute atomic E-state index is 0.0120. The fourth-order valence-electron chi connectivity index (χ4n) is 4.19. The molecule has 1 fully saturated rings. The third kappa shape index (κ3) is 5.01. The second-order valence-corrected chi connectivity index (χ2v) is 9.54. The number of amides is 2. The molecule has 1 N–H and O–H groups in total. The van der Waals surface area contributed by atoms with Crippen molar-refractivity contribution < 1.29 is 19.1 Å². The van der Waals surface area contributed by atoms with Gasteiger partial charge in [0.1, 0.15) is 5.82 Å². The Labute approximate surface area is 221 Å². The molecule has 3 aromatic carbocycles. The number of nitrogens with zero attached hydrogens (tertiary/aromatic N) is 3. The van der Waals surface area contributed by atoms with Crippen LogP contribution in [0.5, 0.6) is 5.88 Å². The van der Waals surface area contributed by atoms with Crippen LogP contribution in [0.25, 0.3) is 16.8 Å². The molecule has 4 aromatic rings. The predicted octanol–water partition coefficient (Wildman–Crippen LogP) is 5.05. The van der Waals surface area contributed by atoms with Crippen molar-refractivity contribution >= 4 is 46.0 Å². The van der Waals surface area contributed by atoms with E-state index in [9.17, 15) is 23.9 Å². The molecule has 9 heteroatoms. The Morgan fingerprint density at radius 1 is 0.895 bits per heavy atom. The van der Waals surface area contributed by atoms with Crippen LogP contribution in [-0.4, -0.2) is 45.0 Å². The number of halogens is 1. The predicted molar refractivity (Wildman–Crippen MR) is 147 cm³/mol. The van der Waals surface area contributed by atoms with Gasteiger partial charge in [0.25, 0.3) is 16.7 Å². The maximum atomic E-state index is 14.0. The van der Waals surface area contributed by atoms with Gasteiger partial charge in [0.05, 0.1) is 23.6 Å². The number of pyridine rings is 1. The van der Waals surface area contributed by atoms with Gasteiger partial charge in [0.15, 0.2) is 0 Å². The second-order valence-electron chi connectivity index (χ2n) is 8.55. The molecule has 1 saturated heterocycles. The fraction of sp³-hybridized carbons (Fsp3) is 0.103. The SMILES string of the molecule is O=C1S/C(=C/c2ccccc2F)C(=O)N1CCN=Cc1c(O)n(Cc2ccccc2)c(=O)c2ccccc12. The molecule has 190 valence electrons. The van der Waals surface area contributed by atoms with Crippen molar-refractivity contribution in [1.82, 2.24) is 9.47 Å². The maximum absolute atomic E-state index is 14.0. The van der Waals surface area contributed by atoms with Crippen LogP contribution in [0.15, 0.2) is 93.6 Å². The van der Waals surface area contributed by atoms with Crippen molar-refractivity contribution in [2.45, 2.75) is 6.54 Å². The molecule has 2 heterocycles. The number of carbonyl (C=O) groups is 2. The first-order valence-corrected chi connectivity index (χ1v) is 12.6. The molecule has 5 rings (SSSR count). The first-order chi connectivity index (χ1) is 18.4. The van der Waals surface area contributed by atoms with Gasteiger partial charge in [-0.25, -0.2) is 4.39 Å². The summed E-state index contributed by atoms with van der Waals surface area (Å²) < 4.78 is 15.3. The van der Waals surface area contributed by atoms with Crippen LogP contribution in [-0.2, 0) is 11.3 Å². The number of hydrogen-bond donors (Lipinski definition) is 1. The first-order valence-electron chi connectivity index (χ1n) is 11.8. The minimum Gasteiger partial charge on any atom is -0.494 e. The molecule has 38 heavy (non-hydrogen) atoms. The summed E-state index contributed by atoms with van der Waals surface area (Å²) in [5, 5.41) is 11.6. The number of aliphatic imine (C=N–C) groups is 1. The van der Waals surface area contributed by atoms with Gasteiger partial charge in [-0.2, -0.15) is 0 Å². The Bertz CT molecular complexity index is 1660. The van der Waals surface area contributed by atoms with Crippen LogP contribution in [0.2, 0.25) is 0 Å². The van der Waals surface area contributed by atoms with Crippen molar-refractivity contribution in [3.8, 4) is 5.88 Å². The van der Waals surface area contributed by atoms with Gasteiger partial charge in [-0.1, -0.05) is 66.7 Å². The van der Waals surface area contributed by atoms with Crippen LogP contribution in [0.3, 0.4) is 0 Å². The molecule has 0 aliphatic carbocycles. The zero-order valence-corrected chi connectivity index (χ0v) is 20.9. The van der Waals surface area contributed by atoms with E-state index in [4.69, 9.17) is 0 Å². The summed E-state index contributed by atoms with van der Waals surface area (Å²) in [6.07, 6.45) is 2.82. The van der Waals surface area contributed by atoms with E-state index in [1.165, 1.54) is 29.0 Å². The Morgan fingerprint density at radius 3 is 2.34 bits per heavy atom. The zero-order valence-electron chi connectivity index (χ0n) is 20.1. The average Bonchev–Trinajstić information content (AvgIpc) is 3.19. The molecule has 7 nitrogen and oxygen atoms in total. The van der Waals surface area contributed by atoms with E-state index >= 15 is 0 Å². The van der Waals surface area contributed by atoms with Gasteiger partial charge in [0.2, 0.25) is 5.88 Å². The van der Waals surface area contributed by atoms with E-state index in [-0.39, 0.29) is 41.5 Å². The molecular weight excluding hydrogens is 505 g/mol. The van der Waals surface area contributed by atoms with E-state index in [0.717, 1.165) is 22.2 Å². The number of benzene rings is 3. The fourth-order valence-corrected chi connectivity index (χ4v) is 5.05. The van der Waals surface area contributed by atoms with Crippen LogP contribution >= 0.6 is 11.8 Å². The van der Waals surface area contributed by atoms with E-state index in [1.807, 2.05) is 30.3 Å². The summed E-state index contributed by atoms with van der Waals surface area (Å²) in [5.41, 5.74) is 1.12. The van der Waals surface area contributed by atoms with Crippen LogP contribution in [0.1, 0.15) is 16.7 Å². The highest BCUT2D eigenvalue weighted by Crippen LogP contribution is 2.32. The first kappa shape index (κ1) is 25.2. The number of carbonyl (C=O) groups excluding carboxylic acids is 2. The zero-order chi connectivity index (χ0) is 26.6. The van der Waals surface area contributed by atoms with E-state index in [1.54, 1.807) is 36.4 Å². The van der Waals surface area contributed by atoms with Crippen LogP contribution < -0.4 is 5.56 Å². The topological polar surface area (TPSA) is 92.0 Å². The van der Waals surface area contributed by atoms with Crippen molar-refractivity contribution in [2.24, 2.45) is 4.99 Å². The van der Waals surface area contributed by atoms with Crippen molar-refractivity contribution in [2.75, 3.05) is 13.1 Å². The molecule has 1 aliphatic heterocycles. The van der Waals surface area contributed by atoms with Gasteiger partial charge in [0, 0.05) is 29.1 Å². The quantitative estimate of drug-likeness (QED) is 0.268. The van der Waals surface area contributed by atoms with Gasteiger partial charge >= 0.3 is 0 Å². The Hall–Kier alpha value is -4.50. The third-order valence-electron chi connectivity index (χ3n) is 6.11. The molecular formula is C29H22FN3O4S. The van der Waals surface area contributed by atoms with Crippen molar-refractivity contribution in [1.29, 1.82) is 0 Å². The highest BCUT2D eigenvalue weighted by atomic mass is 32.2. The summed E-state index contributed by atoms with van der Waals surface area (Å²) in [5.74, 6) is -1.21. The molecule has 0 unspecified atom stereocenters. The summed E-state index contributed by atoms with van der Waals surface area (Å²) in [6, 6.07) is 22.3. The Kier molecular flexibility index (Phi) is 7.19. The van der Waals surface area contributed by atoms with Gasteiger partial charge in [-0.3, -0.25) is 28.8 Å². The summed E-state index contributed by atoms with van der Waals surface area (Å²) in [4.78, 5) is 43.8. The van der Waals surface area contributed by atoms with Gasteiger partial charge in [-0.05, 0) is 35.5 Å². The lowest BCUT2D eigenvalue weighted by atomic mass is 10.1. The lowest BCUT2D eigenvalue weighted by Gasteiger charge is -2.14. The Morgan fingerprint density at radius 2 is 1.58 bits per heavy atom. The monoisotopic (exact) mass is 527 g/mol. The van der Waals surface area contributed by atoms with Gasteiger partial charge < -0.3 is 5.11 Å². The molecule has 1 aliphatic rings. The number of imide groups is 1. The third-order valence-corrected chi connectivity index (χ3v) is 7.02. The lowest BCUT2D eigenvalue weighted by Crippen LogP contribution is -2.30. The number of fused-ring (bicyclic) bond motifs is 1. The number of hydrogen-bond acceptors (Lipinski definition) is 6. The minimum atomic E-state index is -0.511. The molecule has 0 saturated carbocycles. The molecule has 0 spiro atoms. The van der Waals surface area contributed by atoms with Crippen molar-refractivity contribution in [3.63, 3.8) is 0 Å². The van der Waals surface area contributed by atoms with E-state index in [0.29, 0.717) is 16.3 Å².